The SMILES string of the molecule is C/C=C/C1CCC(c2ccc(-c3ccc(-c4ccc(OCCCCCCCCC)c(F)c4F)cc3)c(F)c2)OC1. The zero-order valence-corrected chi connectivity index (χ0v) is 23.7. The summed E-state index contributed by atoms with van der Waals surface area (Å²) in [6.45, 7) is 5.21. The van der Waals surface area contributed by atoms with Gasteiger partial charge < -0.3 is 9.47 Å². The van der Waals surface area contributed by atoms with Crippen molar-refractivity contribution in [2.45, 2.75) is 77.7 Å². The molecule has 0 aromatic heterocycles. The van der Waals surface area contributed by atoms with Gasteiger partial charge in [0, 0.05) is 17.0 Å². The quantitative estimate of drug-likeness (QED) is 0.156. The average molecular weight is 551 g/mol. The molecule has 1 aliphatic heterocycles. The van der Waals surface area contributed by atoms with E-state index in [0.717, 1.165) is 37.7 Å². The van der Waals surface area contributed by atoms with Crippen molar-refractivity contribution < 1.29 is 22.6 Å². The molecule has 3 aromatic carbocycles. The van der Waals surface area contributed by atoms with Gasteiger partial charge in [0.2, 0.25) is 5.82 Å². The van der Waals surface area contributed by atoms with Crippen LogP contribution in [0.1, 0.15) is 83.3 Å². The molecule has 2 atom stereocenters. The first-order valence-electron chi connectivity index (χ1n) is 14.8. The van der Waals surface area contributed by atoms with Crippen LogP contribution in [0.4, 0.5) is 13.2 Å². The van der Waals surface area contributed by atoms with Crippen molar-refractivity contribution in [3.63, 3.8) is 0 Å². The van der Waals surface area contributed by atoms with Gasteiger partial charge in [0.25, 0.3) is 0 Å². The summed E-state index contributed by atoms with van der Waals surface area (Å²) < 4.78 is 56.3. The van der Waals surface area contributed by atoms with Gasteiger partial charge in [-0.25, -0.2) is 8.78 Å². The summed E-state index contributed by atoms with van der Waals surface area (Å²) in [5, 5.41) is 0. The molecule has 0 spiro atoms. The molecule has 4 rings (SSSR count). The van der Waals surface area contributed by atoms with E-state index >= 15 is 4.39 Å². The van der Waals surface area contributed by atoms with Crippen LogP contribution in [0.2, 0.25) is 0 Å². The van der Waals surface area contributed by atoms with Crippen molar-refractivity contribution in [3.05, 3.63) is 89.8 Å². The minimum Gasteiger partial charge on any atom is -0.490 e. The zero-order valence-electron chi connectivity index (χ0n) is 23.7. The lowest BCUT2D eigenvalue weighted by Gasteiger charge is -2.28. The molecule has 5 heteroatoms. The fourth-order valence-corrected chi connectivity index (χ4v) is 5.36. The number of halogens is 3. The molecule has 0 aliphatic carbocycles. The second-order valence-electron chi connectivity index (χ2n) is 10.7. The smallest absolute Gasteiger partial charge is 0.201 e. The van der Waals surface area contributed by atoms with E-state index in [-0.39, 0.29) is 23.2 Å². The summed E-state index contributed by atoms with van der Waals surface area (Å²) in [4.78, 5) is 0. The van der Waals surface area contributed by atoms with Crippen LogP contribution < -0.4 is 4.74 Å². The number of ether oxygens (including phenoxy) is 2. The van der Waals surface area contributed by atoms with Gasteiger partial charge in [-0.05, 0) is 61.1 Å². The Hall–Kier alpha value is -3.05. The molecular formula is C35H41F3O2. The van der Waals surface area contributed by atoms with E-state index in [9.17, 15) is 8.78 Å². The van der Waals surface area contributed by atoms with Crippen molar-refractivity contribution >= 4 is 0 Å². The third kappa shape index (κ3) is 7.78. The van der Waals surface area contributed by atoms with Crippen LogP contribution >= 0.6 is 0 Å². The number of unbranched alkanes of at least 4 members (excludes halogenated alkanes) is 6. The number of allylic oxidation sites excluding steroid dienone is 1. The van der Waals surface area contributed by atoms with Gasteiger partial charge in [-0.15, -0.1) is 0 Å². The van der Waals surface area contributed by atoms with Crippen LogP contribution in [0, 0.1) is 23.4 Å². The lowest BCUT2D eigenvalue weighted by Crippen LogP contribution is -2.19. The van der Waals surface area contributed by atoms with Gasteiger partial charge in [0.15, 0.2) is 11.6 Å². The Morgan fingerprint density at radius 3 is 2.12 bits per heavy atom. The molecule has 3 aromatic rings. The molecule has 1 aliphatic rings. The maximum atomic E-state index is 15.1. The highest BCUT2D eigenvalue weighted by molar-refractivity contribution is 5.71. The maximum absolute atomic E-state index is 15.1. The van der Waals surface area contributed by atoms with E-state index in [0.29, 0.717) is 35.8 Å². The predicted molar refractivity (Wildman–Crippen MR) is 157 cm³/mol. The first-order chi connectivity index (χ1) is 19.5. The third-order valence-electron chi connectivity index (χ3n) is 7.70. The number of hydrogen-bond acceptors (Lipinski definition) is 2. The van der Waals surface area contributed by atoms with Gasteiger partial charge >= 0.3 is 0 Å². The Bertz CT molecular complexity index is 1240. The van der Waals surface area contributed by atoms with E-state index in [1.165, 1.54) is 37.8 Å². The lowest BCUT2D eigenvalue weighted by atomic mass is 9.93. The molecule has 214 valence electrons. The van der Waals surface area contributed by atoms with E-state index in [4.69, 9.17) is 9.47 Å². The van der Waals surface area contributed by atoms with Crippen LogP contribution in [0.15, 0.2) is 66.7 Å². The monoisotopic (exact) mass is 550 g/mol. The number of hydrogen-bond donors (Lipinski definition) is 0. The van der Waals surface area contributed by atoms with Crippen molar-refractivity contribution in [2.75, 3.05) is 13.2 Å². The average Bonchev–Trinajstić information content (AvgIpc) is 2.97. The summed E-state index contributed by atoms with van der Waals surface area (Å²) in [6, 6.07) is 15.1. The molecule has 1 fully saturated rings. The van der Waals surface area contributed by atoms with Crippen LogP contribution in [0.25, 0.3) is 22.3 Å². The van der Waals surface area contributed by atoms with E-state index < -0.39 is 11.6 Å². The fourth-order valence-electron chi connectivity index (χ4n) is 5.36. The fraction of sp³-hybridized carbons (Fsp3) is 0.429. The predicted octanol–water partition coefficient (Wildman–Crippen LogP) is 10.6. The van der Waals surface area contributed by atoms with Gasteiger partial charge in [0.1, 0.15) is 5.82 Å². The molecule has 1 heterocycles. The standard InChI is InChI=1S/C35H41F3O2/c1-3-5-6-7-8-9-10-22-39-33-21-19-30(34(37)35(33)38)27-15-13-26(14-16-27)29-18-17-28(23-31(29)36)32-20-12-25(11-4-2)24-40-32/h4,11,13-19,21,23,25,32H,3,5-10,12,20,22,24H2,1-2H3/b11-4+. The molecule has 1 saturated heterocycles. The number of rotatable bonds is 13. The lowest BCUT2D eigenvalue weighted by molar-refractivity contribution is -0.00538. The van der Waals surface area contributed by atoms with E-state index in [1.54, 1.807) is 36.4 Å². The molecule has 0 N–H and O–H groups in total. The minimum atomic E-state index is -0.979. The topological polar surface area (TPSA) is 18.5 Å². The molecule has 0 bridgehead atoms. The molecule has 0 amide bonds. The largest absolute Gasteiger partial charge is 0.490 e. The molecule has 0 radical (unpaired) electrons. The van der Waals surface area contributed by atoms with Gasteiger partial charge in [-0.2, -0.15) is 4.39 Å². The molecule has 40 heavy (non-hydrogen) atoms. The highest BCUT2D eigenvalue weighted by atomic mass is 19.2. The second kappa shape index (κ2) is 15.1. The highest BCUT2D eigenvalue weighted by Crippen LogP contribution is 2.35. The Balaban J connectivity index is 1.36. The maximum Gasteiger partial charge on any atom is 0.201 e. The Kier molecular flexibility index (Phi) is 11.3. The Morgan fingerprint density at radius 2 is 1.48 bits per heavy atom. The summed E-state index contributed by atoms with van der Waals surface area (Å²) in [7, 11) is 0. The Labute approximate surface area is 237 Å². The van der Waals surface area contributed by atoms with Gasteiger partial charge in [0.05, 0.1) is 19.3 Å². The van der Waals surface area contributed by atoms with Crippen LogP contribution in [0.3, 0.4) is 0 Å². The second-order valence-corrected chi connectivity index (χ2v) is 10.7. The van der Waals surface area contributed by atoms with E-state index in [1.807, 2.05) is 19.1 Å². The van der Waals surface area contributed by atoms with Crippen LogP contribution in [0.5, 0.6) is 5.75 Å². The van der Waals surface area contributed by atoms with Gasteiger partial charge in [-0.3, -0.25) is 0 Å². The molecule has 2 unspecified atom stereocenters. The van der Waals surface area contributed by atoms with Crippen molar-refractivity contribution in [2.24, 2.45) is 5.92 Å². The van der Waals surface area contributed by atoms with E-state index in [2.05, 4.69) is 13.0 Å². The minimum absolute atomic E-state index is 0.0645. The third-order valence-corrected chi connectivity index (χ3v) is 7.70. The molecular weight excluding hydrogens is 509 g/mol. The normalized spacial score (nSPS) is 17.4. The summed E-state index contributed by atoms with van der Waals surface area (Å²) in [6.07, 6.45) is 13.9. The van der Waals surface area contributed by atoms with Crippen molar-refractivity contribution in [1.29, 1.82) is 0 Å². The zero-order chi connectivity index (χ0) is 28.3. The first kappa shape index (κ1) is 29.9. The molecule has 2 nitrogen and oxygen atoms in total. The van der Waals surface area contributed by atoms with Crippen molar-refractivity contribution in [1.82, 2.24) is 0 Å². The van der Waals surface area contributed by atoms with Crippen molar-refractivity contribution in [3.8, 4) is 28.0 Å². The van der Waals surface area contributed by atoms with Crippen LogP contribution in [-0.4, -0.2) is 13.2 Å². The first-order valence-corrected chi connectivity index (χ1v) is 14.8. The number of benzene rings is 3. The summed E-state index contributed by atoms with van der Waals surface area (Å²) in [5.41, 5.74) is 2.62. The molecule has 0 saturated carbocycles. The summed E-state index contributed by atoms with van der Waals surface area (Å²) in [5.74, 6) is -1.90. The Morgan fingerprint density at radius 1 is 0.800 bits per heavy atom. The highest BCUT2D eigenvalue weighted by Gasteiger charge is 2.22. The van der Waals surface area contributed by atoms with Crippen LogP contribution in [-0.2, 0) is 4.74 Å². The summed E-state index contributed by atoms with van der Waals surface area (Å²) >= 11 is 0. The van der Waals surface area contributed by atoms with Gasteiger partial charge in [-0.1, -0.05) is 94.0 Å².